The fraction of sp³-hybridized carbons (Fsp3) is 0.308. The molecule has 0 fully saturated rings. The number of thioether (sulfide) groups is 1. The molecule has 0 radical (unpaired) electrons. The molecular formula is C13H14N2O3S2. The van der Waals surface area contributed by atoms with Crippen molar-refractivity contribution in [1.29, 1.82) is 0 Å². The summed E-state index contributed by atoms with van der Waals surface area (Å²) < 4.78 is 1.88. The Morgan fingerprint density at radius 2 is 2.35 bits per heavy atom. The predicted molar refractivity (Wildman–Crippen MR) is 79.6 cm³/mol. The van der Waals surface area contributed by atoms with Crippen LogP contribution in [0.1, 0.15) is 24.3 Å². The summed E-state index contributed by atoms with van der Waals surface area (Å²) in [5, 5.41) is 11.2. The molecule has 2 rings (SSSR count). The lowest BCUT2D eigenvalue weighted by Crippen LogP contribution is -2.18. The second-order valence-corrected chi connectivity index (χ2v) is 6.00. The first-order valence-corrected chi connectivity index (χ1v) is 7.95. The zero-order valence-electron chi connectivity index (χ0n) is 10.9. The molecule has 20 heavy (non-hydrogen) atoms. The fourth-order valence-electron chi connectivity index (χ4n) is 1.88. The molecule has 0 saturated carbocycles. The Morgan fingerprint density at radius 1 is 1.55 bits per heavy atom. The summed E-state index contributed by atoms with van der Waals surface area (Å²) in [4.78, 5) is 27.2. The molecule has 0 bridgehead atoms. The number of carboxylic acids is 1. The van der Waals surface area contributed by atoms with E-state index >= 15 is 0 Å². The van der Waals surface area contributed by atoms with Crippen molar-refractivity contribution < 1.29 is 9.90 Å². The van der Waals surface area contributed by atoms with Gasteiger partial charge in [-0.15, -0.1) is 11.3 Å². The lowest BCUT2D eigenvalue weighted by Gasteiger charge is -2.20. The fourth-order valence-corrected chi connectivity index (χ4v) is 3.54. The molecule has 5 nitrogen and oxygen atoms in total. The Bertz CT molecular complexity index is 637. The van der Waals surface area contributed by atoms with Crippen LogP contribution in [0.3, 0.4) is 0 Å². The summed E-state index contributed by atoms with van der Waals surface area (Å²) in [6, 6.07) is 5.48. The Balaban J connectivity index is 2.38. The van der Waals surface area contributed by atoms with E-state index in [0.29, 0.717) is 5.16 Å². The molecule has 0 amide bonds. The number of rotatable bonds is 6. The molecule has 0 aliphatic rings. The Morgan fingerprint density at radius 3 is 2.95 bits per heavy atom. The van der Waals surface area contributed by atoms with E-state index in [9.17, 15) is 9.59 Å². The second kappa shape index (κ2) is 6.71. The van der Waals surface area contributed by atoms with E-state index in [1.807, 2.05) is 29.0 Å². The summed E-state index contributed by atoms with van der Waals surface area (Å²) in [7, 11) is 0. The van der Waals surface area contributed by atoms with Crippen molar-refractivity contribution >= 4 is 29.1 Å². The van der Waals surface area contributed by atoms with E-state index in [1.165, 1.54) is 6.07 Å². The first-order chi connectivity index (χ1) is 9.61. The summed E-state index contributed by atoms with van der Waals surface area (Å²) in [5.41, 5.74) is -0.352. The van der Waals surface area contributed by atoms with Gasteiger partial charge in [-0.05, 0) is 17.9 Å². The molecule has 0 aliphatic carbocycles. The lowest BCUT2D eigenvalue weighted by molar-refractivity contribution is -0.133. The maximum atomic E-state index is 11.4. The maximum absolute atomic E-state index is 11.4. The molecular weight excluding hydrogens is 296 g/mol. The average molecular weight is 310 g/mol. The van der Waals surface area contributed by atoms with E-state index in [-0.39, 0.29) is 17.4 Å². The minimum atomic E-state index is -0.927. The van der Waals surface area contributed by atoms with Gasteiger partial charge < -0.3 is 9.67 Å². The highest BCUT2D eigenvalue weighted by molar-refractivity contribution is 7.99. The third-order valence-corrected chi connectivity index (χ3v) is 4.65. The van der Waals surface area contributed by atoms with Crippen molar-refractivity contribution in [3.63, 3.8) is 0 Å². The van der Waals surface area contributed by atoms with Gasteiger partial charge in [0.2, 0.25) is 0 Å². The molecule has 106 valence electrons. The van der Waals surface area contributed by atoms with Gasteiger partial charge in [0.15, 0.2) is 5.16 Å². The number of thiophene rings is 1. The molecule has 2 aromatic heterocycles. The number of carboxylic acid groups (broad SMARTS) is 1. The molecule has 0 saturated heterocycles. The quantitative estimate of drug-likeness (QED) is 0.655. The third-order valence-electron chi connectivity index (χ3n) is 2.72. The normalized spacial score (nSPS) is 12.2. The van der Waals surface area contributed by atoms with Gasteiger partial charge in [-0.2, -0.15) is 4.98 Å². The number of aromatic nitrogens is 2. The highest BCUT2D eigenvalue weighted by Crippen LogP contribution is 2.29. The monoisotopic (exact) mass is 310 g/mol. The number of hydrogen-bond donors (Lipinski definition) is 1. The molecule has 7 heteroatoms. The maximum Gasteiger partial charge on any atom is 0.313 e. The first-order valence-electron chi connectivity index (χ1n) is 6.09. The van der Waals surface area contributed by atoms with E-state index in [2.05, 4.69) is 4.98 Å². The van der Waals surface area contributed by atoms with Crippen LogP contribution >= 0.6 is 23.1 Å². The molecule has 0 aromatic carbocycles. The van der Waals surface area contributed by atoms with E-state index in [1.54, 1.807) is 17.5 Å². The van der Waals surface area contributed by atoms with E-state index in [4.69, 9.17) is 5.11 Å². The van der Waals surface area contributed by atoms with Crippen LogP contribution in [0.5, 0.6) is 0 Å². The molecule has 1 unspecified atom stereocenters. The second-order valence-electron chi connectivity index (χ2n) is 4.08. The summed E-state index contributed by atoms with van der Waals surface area (Å²) >= 11 is 2.70. The van der Waals surface area contributed by atoms with Gasteiger partial charge in [0, 0.05) is 17.1 Å². The van der Waals surface area contributed by atoms with Crippen LogP contribution in [0.25, 0.3) is 0 Å². The van der Waals surface area contributed by atoms with Crippen molar-refractivity contribution in [2.75, 3.05) is 5.75 Å². The van der Waals surface area contributed by atoms with Crippen LogP contribution < -0.4 is 5.56 Å². The van der Waals surface area contributed by atoms with Crippen LogP contribution in [0.2, 0.25) is 0 Å². The molecule has 0 spiro atoms. The minimum Gasteiger partial charge on any atom is -0.481 e. The summed E-state index contributed by atoms with van der Waals surface area (Å²) in [6.07, 6.45) is 2.53. The third kappa shape index (κ3) is 3.49. The lowest BCUT2D eigenvalue weighted by atomic mass is 10.2. The van der Waals surface area contributed by atoms with Crippen LogP contribution in [-0.2, 0) is 4.79 Å². The largest absolute Gasteiger partial charge is 0.481 e. The van der Waals surface area contributed by atoms with E-state index in [0.717, 1.165) is 23.1 Å². The van der Waals surface area contributed by atoms with Crippen molar-refractivity contribution in [2.24, 2.45) is 0 Å². The Hall–Kier alpha value is -1.60. The zero-order valence-corrected chi connectivity index (χ0v) is 12.5. The van der Waals surface area contributed by atoms with Gasteiger partial charge in [-0.3, -0.25) is 9.59 Å². The van der Waals surface area contributed by atoms with Crippen LogP contribution in [0.15, 0.2) is 39.7 Å². The number of carbonyl (C=O) groups is 1. The zero-order chi connectivity index (χ0) is 14.5. The Kier molecular flexibility index (Phi) is 4.97. The smallest absolute Gasteiger partial charge is 0.313 e. The molecule has 0 aliphatic heterocycles. The predicted octanol–water partition coefficient (Wildman–Crippen LogP) is 2.48. The number of nitrogens with zero attached hydrogens (tertiary/aromatic N) is 2. The molecule has 2 aromatic rings. The highest BCUT2D eigenvalue weighted by atomic mass is 32.2. The minimum absolute atomic E-state index is 0.0689. The van der Waals surface area contributed by atoms with Crippen LogP contribution in [0, 0.1) is 0 Å². The van der Waals surface area contributed by atoms with E-state index < -0.39 is 5.97 Å². The van der Waals surface area contributed by atoms with Crippen LogP contribution in [0.4, 0.5) is 0 Å². The van der Waals surface area contributed by atoms with Gasteiger partial charge >= 0.3 is 5.97 Å². The van der Waals surface area contributed by atoms with Gasteiger partial charge in [-0.1, -0.05) is 24.8 Å². The summed E-state index contributed by atoms with van der Waals surface area (Å²) in [6.45, 7) is 2.05. The standard InChI is InChI=1S/C13H14N2O3S2/c1-2-9(10-4-3-7-19-10)15-6-5-11(16)14-13(15)20-8-12(17)18/h3-7,9H,2,8H2,1H3,(H,17,18). The van der Waals surface area contributed by atoms with Gasteiger partial charge in [0.05, 0.1) is 11.8 Å². The van der Waals surface area contributed by atoms with Crippen LogP contribution in [-0.4, -0.2) is 26.4 Å². The van der Waals surface area contributed by atoms with Crippen molar-refractivity contribution in [2.45, 2.75) is 24.5 Å². The van der Waals surface area contributed by atoms with Crippen molar-refractivity contribution in [3.05, 3.63) is 45.0 Å². The topological polar surface area (TPSA) is 72.2 Å². The average Bonchev–Trinajstić information content (AvgIpc) is 2.93. The van der Waals surface area contributed by atoms with Crippen molar-refractivity contribution in [1.82, 2.24) is 9.55 Å². The Labute approximate surface area is 124 Å². The van der Waals surface area contributed by atoms with Crippen molar-refractivity contribution in [3.8, 4) is 0 Å². The van der Waals surface area contributed by atoms with Gasteiger partial charge in [0.25, 0.3) is 5.56 Å². The summed E-state index contributed by atoms with van der Waals surface area (Å²) in [5.74, 6) is -1.04. The number of aliphatic carboxylic acids is 1. The molecule has 2 heterocycles. The SMILES string of the molecule is CCC(c1cccs1)n1ccc(=O)nc1SCC(=O)O. The first kappa shape index (κ1) is 14.8. The highest BCUT2D eigenvalue weighted by Gasteiger charge is 2.16. The molecule has 1 N–H and O–H groups in total. The van der Waals surface area contributed by atoms with Gasteiger partial charge in [0.1, 0.15) is 0 Å². The molecule has 1 atom stereocenters. The number of hydrogen-bond acceptors (Lipinski definition) is 5. The van der Waals surface area contributed by atoms with Gasteiger partial charge in [-0.25, -0.2) is 0 Å².